The summed E-state index contributed by atoms with van der Waals surface area (Å²) >= 11 is 0. The van der Waals surface area contributed by atoms with Crippen molar-refractivity contribution in [3.8, 4) is 11.5 Å². The molecule has 0 fully saturated rings. The van der Waals surface area contributed by atoms with Gasteiger partial charge in [0.25, 0.3) is 0 Å². The normalized spacial score (nSPS) is 13.8. The number of rotatable bonds is 14. The first-order chi connectivity index (χ1) is 18.9. The van der Waals surface area contributed by atoms with E-state index >= 15 is 0 Å². The number of carbonyl (C=O) groups is 5. The molecule has 2 rings (SSSR count). The van der Waals surface area contributed by atoms with Crippen molar-refractivity contribution < 1.29 is 38.6 Å². The zero-order chi connectivity index (χ0) is 29.8. The van der Waals surface area contributed by atoms with Gasteiger partial charge >= 0.3 is 5.97 Å². The molecule has 2 aromatic carbocycles. The summed E-state index contributed by atoms with van der Waals surface area (Å²) in [4.78, 5) is 62.4. The lowest BCUT2D eigenvalue weighted by Crippen LogP contribution is -2.59. The first-order valence-corrected chi connectivity index (χ1v) is 12.7. The molecule has 216 valence electrons. The molecule has 40 heavy (non-hydrogen) atoms. The highest BCUT2D eigenvalue weighted by atomic mass is 16.5. The smallest absolute Gasteiger partial charge is 0.331 e. The molecule has 6 N–H and O–H groups in total. The van der Waals surface area contributed by atoms with Crippen molar-refractivity contribution >= 4 is 29.6 Å². The van der Waals surface area contributed by atoms with Crippen molar-refractivity contribution in [2.24, 2.45) is 11.7 Å². The number of aliphatic hydroxyl groups is 1. The van der Waals surface area contributed by atoms with Crippen molar-refractivity contribution in [1.29, 1.82) is 0 Å². The molecule has 0 aliphatic carbocycles. The number of primary amides is 1. The number of nitrogens with two attached hydrogens (primary N) is 1. The summed E-state index contributed by atoms with van der Waals surface area (Å²) in [6, 6.07) is 12.0. The van der Waals surface area contributed by atoms with Crippen molar-refractivity contribution in [2.45, 2.75) is 57.8 Å². The Balaban J connectivity index is 2.10. The molecule has 0 radical (unpaired) electrons. The van der Waals surface area contributed by atoms with E-state index in [0.717, 1.165) is 7.11 Å². The number of nitrogens with one attached hydrogen (secondary N) is 3. The zero-order valence-electron chi connectivity index (χ0n) is 22.9. The predicted molar refractivity (Wildman–Crippen MR) is 145 cm³/mol. The maximum absolute atomic E-state index is 13.1. The number of amides is 4. The number of benzene rings is 2. The van der Waals surface area contributed by atoms with Crippen LogP contribution in [-0.4, -0.2) is 66.0 Å². The van der Waals surface area contributed by atoms with Crippen LogP contribution in [0, 0.1) is 5.92 Å². The fraction of sp³-hybridized carbons (Fsp3) is 0.393. The van der Waals surface area contributed by atoms with Crippen LogP contribution in [0.3, 0.4) is 0 Å². The van der Waals surface area contributed by atoms with Crippen LogP contribution in [-0.2, 0) is 35.1 Å². The third kappa shape index (κ3) is 10.0. The Morgan fingerprint density at radius 1 is 0.850 bits per heavy atom. The molecule has 0 spiro atoms. The van der Waals surface area contributed by atoms with E-state index in [2.05, 4.69) is 20.7 Å². The summed E-state index contributed by atoms with van der Waals surface area (Å²) in [5, 5.41) is 17.2. The van der Waals surface area contributed by atoms with Crippen molar-refractivity contribution in [3.05, 3.63) is 60.2 Å². The molecule has 0 heterocycles. The minimum absolute atomic E-state index is 0.127. The molecule has 0 aliphatic heterocycles. The van der Waals surface area contributed by atoms with Gasteiger partial charge in [-0.1, -0.05) is 44.2 Å². The number of methoxy groups -OCH3 is 1. The average Bonchev–Trinajstić information content (AvgIpc) is 2.89. The molecule has 4 amide bonds. The lowest BCUT2D eigenvalue weighted by molar-refractivity contribution is -0.148. The fourth-order valence-electron chi connectivity index (χ4n) is 3.72. The van der Waals surface area contributed by atoms with Crippen molar-refractivity contribution in [1.82, 2.24) is 16.0 Å². The molecule has 12 heteroatoms. The van der Waals surface area contributed by atoms with E-state index < -0.39 is 66.2 Å². The van der Waals surface area contributed by atoms with Crippen molar-refractivity contribution in [2.75, 3.05) is 7.11 Å². The summed E-state index contributed by atoms with van der Waals surface area (Å²) in [5.41, 5.74) is 5.90. The maximum Gasteiger partial charge on any atom is 0.331 e. The summed E-state index contributed by atoms with van der Waals surface area (Å²) in [7, 11) is 1.11. The molecule has 0 unspecified atom stereocenters. The lowest BCUT2D eigenvalue weighted by Gasteiger charge is -2.27. The predicted octanol–water partition coefficient (Wildman–Crippen LogP) is 0.561. The molecule has 0 bridgehead atoms. The second kappa shape index (κ2) is 15.2. The van der Waals surface area contributed by atoms with Crippen LogP contribution in [0.5, 0.6) is 11.5 Å². The molecule has 2 aromatic rings. The third-order valence-corrected chi connectivity index (χ3v) is 5.78. The second-order valence-corrected chi connectivity index (χ2v) is 9.51. The molecule has 12 nitrogen and oxygen atoms in total. The average molecular weight is 557 g/mol. The minimum Gasteiger partial charge on any atom is -0.467 e. The number of esters is 1. The molecular formula is C28H36N4O8. The van der Waals surface area contributed by atoms with Gasteiger partial charge in [-0.3, -0.25) is 19.2 Å². The number of para-hydroxylation sites is 1. The maximum atomic E-state index is 13.1. The Labute approximate surface area is 232 Å². The van der Waals surface area contributed by atoms with E-state index in [9.17, 15) is 29.1 Å². The van der Waals surface area contributed by atoms with Gasteiger partial charge in [0.1, 0.15) is 23.6 Å². The standard InChI is InChI=1S/C28H36N4O8/c1-16(2)24(27(37)32-25(17(3)33)28(38)39-4)31-26(36)21(15-22(29)34)30-23(35)14-18-9-8-12-20(13-18)40-19-10-6-5-7-11-19/h5-13,16-17,21,24-25,33H,14-15H2,1-4H3,(H2,29,34)(H,30,35)(H,31,36)(H,32,37)/t17-,21+,24+,25+/m1/s1. The summed E-state index contributed by atoms with van der Waals surface area (Å²) in [6.45, 7) is 4.59. The van der Waals surface area contributed by atoms with Gasteiger partial charge in [0.05, 0.1) is 26.1 Å². The number of hydrogen-bond donors (Lipinski definition) is 5. The van der Waals surface area contributed by atoms with Crippen LogP contribution in [0.2, 0.25) is 0 Å². The van der Waals surface area contributed by atoms with Crippen LogP contribution in [0.25, 0.3) is 0 Å². The van der Waals surface area contributed by atoms with E-state index in [4.69, 9.17) is 10.5 Å². The van der Waals surface area contributed by atoms with Crippen LogP contribution >= 0.6 is 0 Å². The van der Waals surface area contributed by atoms with Crippen LogP contribution in [0.1, 0.15) is 32.8 Å². The third-order valence-electron chi connectivity index (χ3n) is 5.78. The molecule has 0 saturated carbocycles. The summed E-state index contributed by atoms with van der Waals surface area (Å²) < 4.78 is 10.4. The van der Waals surface area contributed by atoms with Gasteiger partial charge in [-0.05, 0) is 42.7 Å². The Morgan fingerprint density at radius 3 is 2.05 bits per heavy atom. The van der Waals surface area contributed by atoms with Gasteiger partial charge in [-0.2, -0.15) is 0 Å². The van der Waals surface area contributed by atoms with E-state index in [1.807, 2.05) is 18.2 Å². The highest BCUT2D eigenvalue weighted by Crippen LogP contribution is 2.22. The van der Waals surface area contributed by atoms with Crippen LogP contribution in [0.15, 0.2) is 54.6 Å². The minimum atomic E-state index is -1.36. The molecule has 4 atom stereocenters. The Hall–Kier alpha value is -4.45. The van der Waals surface area contributed by atoms with Gasteiger partial charge in [0.2, 0.25) is 23.6 Å². The SMILES string of the molecule is COC(=O)[C@@H](NC(=O)[C@@H](NC(=O)[C@H](CC(N)=O)NC(=O)Cc1cccc(Oc2ccccc2)c1)C(C)C)[C@@H](C)O. The second-order valence-electron chi connectivity index (χ2n) is 9.51. The van der Waals surface area contributed by atoms with E-state index in [-0.39, 0.29) is 6.42 Å². The fourth-order valence-corrected chi connectivity index (χ4v) is 3.72. The Morgan fingerprint density at radius 2 is 1.48 bits per heavy atom. The Bertz CT molecular complexity index is 1190. The van der Waals surface area contributed by atoms with Crippen LogP contribution < -0.4 is 26.4 Å². The number of hydrogen-bond acceptors (Lipinski definition) is 8. The first-order valence-electron chi connectivity index (χ1n) is 12.7. The lowest BCUT2D eigenvalue weighted by atomic mass is 10.0. The topological polar surface area (TPSA) is 186 Å². The van der Waals surface area contributed by atoms with Gasteiger partial charge in [0, 0.05) is 0 Å². The number of ether oxygens (including phenoxy) is 2. The van der Waals surface area contributed by atoms with Gasteiger partial charge in [-0.25, -0.2) is 4.79 Å². The van der Waals surface area contributed by atoms with E-state index in [1.165, 1.54) is 6.92 Å². The largest absolute Gasteiger partial charge is 0.467 e. The highest BCUT2D eigenvalue weighted by Gasteiger charge is 2.33. The summed E-state index contributed by atoms with van der Waals surface area (Å²) in [6.07, 6.45) is -1.91. The molecule has 0 saturated heterocycles. The molecular weight excluding hydrogens is 520 g/mol. The van der Waals surface area contributed by atoms with Gasteiger partial charge in [0.15, 0.2) is 6.04 Å². The van der Waals surface area contributed by atoms with E-state index in [1.54, 1.807) is 50.2 Å². The quantitative estimate of drug-likeness (QED) is 0.209. The monoisotopic (exact) mass is 556 g/mol. The highest BCUT2D eigenvalue weighted by molar-refractivity contribution is 5.96. The van der Waals surface area contributed by atoms with Crippen LogP contribution in [0.4, 0.5) is 0 Å². The summed E-state index contributed by atoms with van der Waals surface area (Å²) in [5.74, 6) is -3.20. The van der Waals surface area contributed by atoms with E-state index in [0.29, 0.717) is 17.1 Å². The van der Waals surface area contributed by atoms with Gasteiger partial charge in [-0.15, -0.1) is 0 Å². The number of carbonyl (C=O) groups excluding carboxylic acids is 5. The molecule has 0 aromatic heterocycles. The number of aliphatic hydroxyl groups excluding tert-OH is 1. The molecule has 0 aliphatic rings. The Kier molecular flexibility index (Phi) is 12.1. The zero-order valence-corrected chi connectivity index (χ0v) is 22.9. The van der Waals surface area contributed by atoms with Crippen molar-refractivity contribution in [3.63, 3.8) is 0 Å². The first kappa shape index (κ1) is 31.8. The van der Waals surface area contributed by atoms with Gasteiger partial charge < -0.3 is 36.3 Å².